The van der Waals surface area contributed by atoms with Gasteiger partial charge in [-0.15, -0.1) is 0 Å². The standard InChI is InChI=1S/C11H14FNO/c1-3-7(2)11(14)8-5-4-6-9(12)10(8)13/h4-7H,3,13H2,1-2H3. The second-order valence-corrected chi connectivity index (χ2v) is 3.37. The van der Waals surface area contributed by atoms with Crippen LogP contribution in [-0.2, 0) is 0 Å². The molecule has 0 fully saturated rings. The molecule has 1 atom stereocenters. The van der Waals surface area contributed by atoms with Crippen molar-refractivity contribution >= 4 is 11.5 Å². The molecule has 2 nitrogen and oxygen atoms in total. The van der Waals surface area contributed by atoms with Crippen molar-refractivity contribution in [3.8, 4) is 0 Å². The van der Waals surface area contributed by atoms with Gasteiger partial charge in [0.25, 0.3) is 0 Å². The minimum Gasteiger partial charge on any atom is -0.396 e. The number of ketones is 1. The molecule has 2 N–H and O–H groups in total. The lowest BCUT2D eigenvalue weighted by molar-refractivity contribution is 0.0928. The summed E-state index contributed by atoms with van der Waals surface area (Å²) < 4.78 is 13.0. The lowest BCUT2D eigenvalue weighted by Crippen LogP contribution is -2.13. The molecular formula is C11H14FNO. The summed E-state index contributed by atoms with van der Waals surface area (Å²) in [5, 5.41) is 0. The number of rotatable bonds is 3. The highest BCUT2D eigenvalue weighted by molar-refractivity contribution is 6.02. The molecule has 0 amide bonds. The molecule has 0 saturated heterocycles. The molecule has 1 aromatic carbocycles. The molecule has 1 rings (SSSR count). The van der Waals surface area contributed by atoms with Gasteiger partial charge in [0.15, 0.2) is 5.78 Å². The van der Waals surface area contributed by atoms with Crippen LogP contribution < -0.4 is 5.73 Å². The zero-order valence-corrected chi connectivity index (χ0v) is 8.38. The highest BCUT2D eigenvalue weighted by atomic mass is 19.1. The SMILES string of the molecule is CCC(C)C(=O)c1cccc(F)c1N. The Bertz CT molecular complexity index is 349. The van der Waals surface area contributed by atoms with Crippen LogP contribution in [-0.4, -0.2) is 5.78 Å². The predicted octanol–water partition coefficient (Wildman–Crippen LogP) is 2.64. The summed E-state index contributed by atoms with van der Waals surface area (Å²) in [5.41, 5.74) is 5.73. The van der Waals surface area contributed by atoms with E-state index in [1.807, 2.05) is 13.8 Å². The Morgan fingerprint density at radius 1 is 1.57 bits per heavy atom. The zero-order chi connectivity index (χ0) is 10.7. The van der Waals surface area contributed by atoms with E-state index in [2.05, 4.69) is 0 Å². The number of hydrogen-bond acceptors (Lipinski definition) is 2. The van der Waals surface area contributed by atoms with Gasteiger partial charge in [-0.3, -0.25) is 4.79 Å². The van der Waals surface area contributed by atoms with E-state index in [0.717, 1.165) is 6.42 Å². The summed E-state index contributed by atoms with van der Waals surface area (Å²) in [6.45, 7) is 3.73. The summed E-state index contributed by atoms with van der Waals surface area (Å²) in [6.07, 6.45) is 0.731. The molecule has 0 heterocycles. The predicted molar refractivity (Wildman–Crippen MR) is 54.6 cm³/mol. The van der Waals surface area contributed by atoms with Gasteiger partial charge >= 0.3 is 0 Å². The highest BCUT2D eigenvalue weighted by Gasteiger charge is 2.17. The van der Waals surface area contributed by atoms with Gasteiger partial charge < -0.3 is 5.73 Å². The third-order valence-electron chi connectivity index (χ3n) is 2.38. The lowest BCUT2D eigenvalue weighted by Gasteiger charge is -2.09. The summed E-state index contributed by atoms with van der Waals surface area (Å²) in [6, 6.07) is 4.32. The molecule has 76 valence electrons. The number of benzene rings is 1. The van der Waals surface area contributed by atoms with Crippen LogP contribution in [0, 0.1) is 11.7 Å². The Labute approximate surface area is 82.9 Å². The van der Waals surface area contributed by atoms with Crippen LogP contribution in [0.4, 0.5) is 10.1 Å². The minimum atomic E-state index is -0.529. The number of nitrogen functional groups attached to an aromatic ring is 1. The lowest BCUT2D eigenvalue weighted by atomic mass is 9.96. The third-order valence-corrected chi connectivity index (χ3v) is 2.38. The molecule has 0 bridgehead atoms. The van der Waals surface area contributed by atoms with Gasteiger partial charge in [0.1, 0.15) is 5.82 Å². The van der Waals surface area contributed by atoms with Crippen molar-refractivity contribution in [2.24, 2.45) is 5.92 Å². The van der Waals surface area contributed by atoms with Crippen LogP contribution in [0.25, 0.3) is 0 Å². The van der Waals surface area contributed by atoms with Crippen LogP contribution in [0.15, 0.2) is 18.2 Å². The second kappa shape index (κ2) is 4.22. The molecule has 0 radical (unpaired) electrons. The van der Waals surface area contributed by atoms with Gasteiger partial charge in [0.2, 0.25) is 0 Å². The third kappa shape index (κ3) is 1.92. The van der Waals surface area contributed by atoms with Crippen molar-refractivity contribution in [1.82, 2.24) is 0 Å². The van der Waals surface area contributed by atoms with Gasteiger partial charge in [-0.25, -0.2) is 4.39 Å². The Hall–Kier alpha value is -1.38. The van der Waals surface area contributed by atoms with E-state index in [4.69, 9.17) is 5.73 Å². The fourth-order valence-corrected chi connectivity index (χ4v) is 1.20. The van der Waals surface area contributed by atoms with E-state index in [1.165, 1.54) is 12.1 Å². The quantitative estimate of drug-likeness (QED) is 0.595. The number of Topliss-reactive ketones (excluding diaryl/α,β-unsaturated/α-hetero) is 1. The molecule has 0 saturated carbocycles. The maximum absolute atomic E-state index is 13.0. The first-order chi connectivity index (χ1) is 6.57. The van der Waals surface area contributed by atoms with Crippen molar-refractivity contribution in [2.75, 3.05) is 5.73 Å². The number of nitrogens with two attached hydrogens (primary N) is 1. The van der Waals surface area contributed by atoms with Crippen LogP contribution in [0.3, 0.4) is 0 Å². The zero-order valence-electron chi connectivity index (χ0n) is 8.38. The summed E-state index contributed by atoms with van der Waals surface area (Å²) in [4.78, 5) is 11.7. The van der Waals surface area contributed by atoms with Crippen LogP contribution in [0.2, 0.25) is 0 Å². The number of carbonyl (C=O) groups is 1. The van der Waals surface area contributed by atoms with Gasteiger partial charge in [-0.05, 0) is 18.6 Å². The fourth-order valence-electron chi connectivity index (χ4n) is 1.20. The van der Waals surface area contributed by atoms with Crippen LogP contribution in [0.1, 0.15) is 30.6 Å². The monoisotopic (exact) mass is 195 g/mol. The van der Waals surface area contributed by atoms with E-state index in [0.29, 0.717) is 5.56 Å². The van der Waals surface area contributed by atoms with Gasteiger partial charge in [0, 0.05) is 11.5 Å². The molecule has 1 unspecified atom stereocenters. The Kier molecular flexibility index (Phi) is 3.23. The summed E-state index contributed by atoms with van der Waals surface area (Å²) >= 11 is 0. The fraction of sp³-hybridized carbons (Fsp3) is 0.364. The van der Waals surface area contributed by atoms with Crippen LogP contribution >= 0.6 is 0 Å². The molecule has 0 aliphatic heterocycles. The second-order valence-electron chi connectivity index (χ2n) is 3.37. The largest absolute Gasteiger partial charge is 0.396 e. The summed E-state index contributed by atoms with van der Waals surface area (Å²) in [5.74, 6) is -0.734. The van der Waals surface area contributed by atoms with E-state index < -0.39 is 5.82 Å². The Morgan fingerprint density at radius 3 is 2.79 bits per heavy atom. The van der Waals surface area contributed by atoms with Gasteiger partial charge in [-0.1, -0.05) is 19.9 Å². The van der Waals surface area contributed by atoms with Crippen molar-refractivity contribution < 1.29 is 9.18 Å². The van der Waals surface area contributed by atoms with E-state index >= 15 is 0 Å². The minimum absolute atomic E-state index is 0.0437. The van der Waals surface area contributed by atoms with Gasteiger partial charge in [0.05, 0.1) is 5.69 Å². The van der Waals surface area contributed by atoms with Gasteiger partial charge in [-0.2, -0.15) is 0 Å². The Morgan fingerprint density at radius 2 is 2.21 bits per heavy atom. The first-order valence-corrected chi connectivity index (χ1v) is 4.66. The van der Waals surface area contributed by atoms with E-state index in [1.54, 1.807) is 6.07 Å². The smallest absolute Gasteiger partial charge is 0.167 e. The number of halogens is 1. The number of carbonyl (C=O) groups excluding carboxylic acids is 1. The topological polar surface area (TPSA) is 43.1 Å². The summed E-state index contributed by atoms with van der Waals surface area (Å²) in [7, 11) is 0. The van der Waals surface area contributed by atoms with Crippen molar-refractivity contribution in [3.63, 3.8) is 0 Å². The first kappa shape index (κ1) is 10.7. The maximum atomic E-state index is 13.0. The number of para-hydroxylation sites is 1. The number of anilines is 1. The van der Waals surface area contributed by atoms with E-state index in [9.17, 15) is 9.18 Å². The molecule has 0 aliphatic carbocycles. The molecule has 0 spiro atoms. The average Bonchev–Trinajstić information content (AvgIpc) is 2.20. The van der Waals surface area contributed by atoms with Crippen molar-refractivity contribution in [2.45, 2.75) is 20.3 Å². The molecule has 0 aliphatic rings. The molecule has 3 heteroatoms. The molecule has 0 aromatic heterocycles. The molecule has 14 heavy (non-hydrogen) atoms. The highest BCUT2D eigenvalue weighted by Crippen LogP contribution is 2.20. The van der Waals surface area contributed by atoms with Crippen LogP contribution in [0.5, 0.6) is 0 Å². The molecular weight excluding hydrogens is 181 g/mol. The van der Waals surface area contributed by atoms with Crippen molar-refractivity contribution in [1.29, 1.82) is 0 Å². The normalized spacial score (nSPS) is 12.5. The first-order valence-electron chi connectivity index (χ1n) is 4.66. The number of hydrogen-bond donors (Lipinski definition) is 1. The maximum Gasteiger partial charge on any atom is 0.167 e. The average molecular weight is 195 g/mol. The molecule has 1 aromatic rings. The van der Waals surface area contributed by atoms with E-state index in [-0.39, 0.29) is 17.4 Å². The van der Waals surface area contributed by atoms with Crippen molar-refractivity contribution in [3.05, 3.63) is 29.6 Å². The Balaban J connectivity index is 3.07.